The van der Waals surface area contributed by atoms with Crippen molar-refractivity contribution in [1.29, 1.82) is 0 Å². The number of piperidine rings is 1. The number of rotatable bonds is 8. The number of carbonyl (C=O) groups excluding carboxylic acids is 1. The van der Waals surface area contributed by atoms with E-state index in [0.29, 0.717) is 18.6 Å². The summed E-state index contributed by atoms with van der Waals surface area (Å²) in [6.45, 7) is 6.45. The molecule has 6 fully saturated rings. The number of fused-ring (bicyclic) bond motifs is 2. The van der Waals surface area contributed by atoms with Crippen LogP contribution in [0.4, 0.5) is 0 Å². The molecule has 1 heterocycles. The first-order chi connectivity index (χ1) is 20.1. The lowest BCUT2D eigenvalue weighted by atomic mass is 9.43. The highest BCUT2D eigenvalue weighted by Crippen LogP contribution is 2.80. The number of ether oxygens (including phenoxy) is 5. The zero-order valence-electron chi connectivity index (χ0n) is 25.7. The van der Waals surface area contributed by atoms with Crippen LogP contribution in [0.25, 0.3) is 0 Å². The zero-order chi connectivity index (χ0) is 29.8. The molecule has 0 unspecified atom stereocenters. The Morgan fingerprint density at radius 2 is 1.69 bits per heavy atom. The highest BCUT2D eigenvalue weighted by Gasteiger charge is 2.88. The quantitative estimate of drug-likeness (QED) is 0.445. The molecule has 13 atom stereocenters. The maximum atomic E-state index is 13.6. The minimum atomic E-state index is -1.44. The fourth-order valence-corrected chi connectivity index (χ4v) is 12.0. The number of nitrogens with zero attached hydrogens (tertiary/aromatic N) is 1. The van der Waals surface area contributed by atoms with Crippen LogP contribution in [0.3, 0.4) is 0 Å². The van der Waals surface area contributed by atoms with Crippen molar-refractivity contribution < 1.29 is 38.7 Å². The van der Waals surface area contributed by atoms with Gasteiger partial charge in [0.15, 0.2) is 0 Å². The highest BCUT2D eigenvalue weighted by molar-refractivity contribution is 5.89. The Bertz CT molecular complexity index is 1230. The van der Waals surface area contributed by atoms with Crippen LogP contribution in [0.2, 0.25) is 0 Å². The molecule has 0 aromatic heterocycles. The normalized spacial score (nSPS) is 50.1. The fraction of sp³-hybridized carbons (Fsp3) is 0.788. The zero-order valence-corrected chi connectivity index (χ0v) is 25.7. The summed E-state index contributed by atoms with van der Waals surface area (Å²) in [6, 6.07) is 7.26. The number of aliphatic hydroxyl groups is 2. The Balaban J connectivity index is 1.43. The minimum absolute atomic E-state index is 0.00895. The number of benzene rings is 1. The van der Waals surface area contributed by atoms with Gasteiger partial charge < -0.3 is 33.9 Å². The van der Waals surface area contributed by atoms with Crippen LogP contribution in [-0.2, 0) is 23.7 Å². The third-order valence-electron chi connectivity index (χ3n) is 13.0. The average molecular weight is 586 g/mol. The van der Waals surface area contributed by atoms with Crippen molar-refractivity contribution in [2.45, 2.75) is 81.2 Å². The van der Waals surface area contributed by atoms with Gasteiger partial charge in [-0.3, -0.25) is 4.90 Å². The van der Waals surface area contributed by atoms with Crippen molar-refractivity contribution in [3.05, 3.63) is 35.4 Å². The first kappa shape index (κ1) is 29.1. The van der Waals surface area contributed by atoms with E-state index in [1.54, 1.807) is 40.6 Å². The first-order valence-electron chi connectivity index (χ1n) is 15.6. The van der Waals surface area contributed by atoms with Gasteiger partial charge in [-0.15, -0.1) is 0 Å². The van der Waals surface area contributed by atoms with E-state index in [4.69, 9.17) is 23.7 Å². The first-order valence-corrected chi connectivity index (χ1v) is 15.6. The average Bonchev–Trinajstić information content (AvgIpc) is 3.36. The summed E-state index contributed by atoms with van der Waals surface area (Å²) in [5.41, 5.74) is -1.86. The van der Waals surface area contributed by atoms with Crippen LogP contribution >= 0.6 is 0 Å². The molecular weight excluding hydrogens is 538 g/mol. The van der Waals surface area contributed by atoms with Crippen molar-refractivity contribution in [2.75, 3.05) is 48.1 Å². The molecule has 5 aliphatic carbocycles. The number of hydrogen-bond acceptors (Lipinski definition) is 9. The van der Waals surface area contributed by atoms with Gasteiger partial charge in [0.1, 0.15) is 11.7 Å². The molecule has 5 saturated carbocycles. The summed E-state index contributed by atoms with van der Waals surface area (Å²) in [5.74, 6) is -1.37. The van der Waals surface area contributed by atoms with Gasteiger partial charge in [-0.1, -0.05) is 24.6 Å². The van der Waals surface area contributed by atoms with Crippen LogP contribution in [-0.4, -0.2) is 111 Å². The number of likely N-dealkylation sites (tertiary alicyclic amines) is 1. The van der Waals surface area contributed by atoms with E-state index in [-0.39, 0.29) is 47.8 Å². The molecule has 0 radical (unpaired) electrons. The second-order valence-electron chi connectivity index (χ2n) is 14.2. The maximum absolute atomic E-state index is 13.6. The third kappa shape index (κ3) is 3.31. The molecule has 6 aliphatic rings. The van der Waals surface area contributed by atoms with Crippen LogP contribution in [0.15, 0.2) is 24.3 Å². The van der Waals surface area contributed by atoms with Gasteiger partial charge in [0.05, 0.1) is 36.1 Å². The Morgan fingerprint density at radius 1 is 0.976 bits per heavy atom. The summed E-state index contributed by atoms with van der Waals surface area (Å²) in [6.07, 6.45) is 0.465. The predicted molar refractivity (Wildman–Crippen MR) is 153 cm³/mol. The van der Waals surface area contributed by atoms with Crippen LogP contribution in [0.5, 0.6) is 0 Å². The number of methoxy groups -OCH3 is 4. The number of carbonyl (C=O) groups is 1. The molecular formula is C33H47NO8. The van der Waals surface area contributed by atoms with Gasteiger partial charge in [-0.25, -0.2) is 4.79 Å². The molecule has 7 rings (SSSR count). The predicted octanol–water partition coefficient (Wildman–Crippen LogP) is 2.44. The van der Waals surface area contributed by atoms with E-state index in [9.17, 15) is 15.0 Å². The number of esters is 1. The lowest BCUT2D eigenvalue weighted by Crippen LogP contribution is -2.77. The topological polar surface area (TPSA) is 107 Å². The summed E-state index contributed by atoms with van der Waals surface area (Å²) in [5, 5.41) is 25.7. The monoisotopic (exact) mass is 585 g/mol. The van der Waals surface area contributed by atoms with Gasteiger partial charge in [0.25, 0.3) is 0 Å². The summed E-state index contributed by atoms with van der Waals surface area (Å²) >= 11 is 0. The van der Waals surface area contributed by atoms with Gasteiger partial charge >= 0.3 is 5.97 Å². The molecule has 0 amide bonds. The standard InChI is InChI=1S/C33H47NO8/c1-7-34-16-30(17-38-3)13-12-21(39-4)33-20-14-31(36)22(40-5)15-32(37,24(27(33)34)25(41-6)26(30)33)23(20)28(31)42-29(35)19-10-8-18(2)9-11-19/h8-11,20-28,36-37H,7,12-17H2,1-6H3/t20-,21+,22+,23-,24+,25+,26-,27-,28-,30+,31-,32-,33+/m1/s1. The molecule has 1 saturated heterocycles. The van der Waals surface area contributed by atoms with Crippen molar-refractivity contribution in [3.8, 4) is 0 Å². The van der Waals surface area contributed by atoms with E-state index in [2.05, 4.69) is 11.8 Å². The summed E-state index contributed by atoms with van der Waals surface area (Å²) in [4.78, 5) is 16.2. The van der Waals surface area contributed by atoms with E-state index >= 15 is 0 Å². The Hall–Kier alpha value is -1.59. The molecule has 2 N–H and O–H groups in total. The summed E-state index contributed by atoms with van der Waals surface area (Å²) in [7, 11) is 6.92. The number of aryl methyl sites for hydroxylation is 1. The maximum Gasteiger partial charge on any atom is 0.338 e. The second-order valence-corrected chi connectivity index (χ2v) is 14.2. The van der Waals surface area contributed by atoms with Crippen molar-refractivity contribution in [2.24, 2.45) is 34.5 Å². The molecule has 1 aliphatic heterocycles. The van der Waals surface area contributed by atoms with Crippen LogP contribution in [0, 0.1) is 41.4 Å². The van der Waals surface area contributed by atoms with Crippen molar-refractivity contribution in [1.82, 2.24) is 4.90 Å². The molecule has 7 bridgehead atoms. The Labute approximate surface area is 248 Å². The molecule has 9 heteroatoms. The molecule has 232 valence electrons. The fourth-order valence-electron chi connectivity index (χ4n) is 12.0. The van der Waals surface area contributed by atoms with Gasteiger partial charge in [-0.05, 0) is 50.8 Å². The van der Waals surface area contributed by atoms with Crippen molar-refractivity contribution >= 4 is 5.97 Å². The largest absolute Gasteiger partial charge is 0.455 e. The Morgan fingerprint density at radius 3 is 2.31 bits per heavy atom. The Kier molecular flexibility index (Phi) is 6.73. The van der Waals surface area contributed by atoms with E-state index in [1.807, 2.05) is 19.1 Å². The molecule has 1 aromatic rings. The molecule has 1 spiro atoms. The van der Waals surface area contributed by atoms with E-state index < -0.39 is 40.7 Å². The van der Waals surface area contributed by atoms with Gasteiger partial charge in [0, 0.05) is 76.0 Å². The lowest BCUT2D eigenvalue weighted by molar-refractivity contribution is -0.283. The van der Waals surface area contributed by atoms with Crippen LogP contribution in [0.1, 0.15) is 48.5 Å². The molecule has 1 aromatic carbocycles. The molecule has 9 nitrogen and oxygen atoms in total. The van der Waals surface area contributed by atoms with E-state index in [0.717, 1.165) is 31.5 Å². The smallest absolute Gasteiger partial charge is 0.338 e. The lowest BCUT2D eigenvalue weighted by Gasteiger charge is -2.69. The second kappa shape index (κ2) is 9.70. The van der Waals surface area contributed by atoms with Crippen molar-refractivity contribution in [3.63, 3.8) is 0 Å². The summed E-state index contributed by atoms with van der Waals surface area (Å²) < 4.78 is 31.2. The molecule has 42 heavy (non-hydrogen) atoms. The van der Waals surface area contributed by atoms with Gasteiger partial charge in [-0.2, -0.15) is 0 Å². The van der Waals surface area contributed by atoms with E-state index in [1.165, 1.54) is 0 Å². The number of hydrogen-bond donors (Lipinski definition) is 2. The third-order valence-corrected chi connectivity index (χ3v) is 13.0. The SMILES string of the molecule is CCN1C[C@]2(COC)CC[C@H](OC)[C@@]34[C@@H]5C[C@@]6(O)[C@@H](OC)C[C@@](O)([C@H]5[C@H]6OC(=O)c5ccc(C)cc5)[C@@H]([C@H](OC)[C@H]23)[C@@H]14. The van der Waals surface area contributed by atoms with Crippen LogP contribution < -0.4 is 0 Å². The van der Waals surface area contributed by atoms with Gasteiger partial charge in [0.2, 0.25) is 0 Å². The highest BCUT2D eigenvalue weighted by atomic mass is 16.6. The minimum Gasteiger partial charge on any atom is -0.455 e.